The zero-order valence-electron chi connectivity index (χ0n) is 7.08. The topological polar surface area (TPSA) is 37.3 Å². The fourth-order valence-corrected chi connectivity index (χ4v) is 3.64. The molecule has 0 radical (unpaired) electrons. The molecule has 0 spiro atoms. The monoisotopic (exact) mass is 260 g/mol. The summed E-state index contributed by atoms with van der Waals surface area (Å²) in [7, 11) is 0. The molecule has 2 rings (SSSR count). The van der Waals surface area contributed by atoms with E-state index in [1.807, 2.05) is 6.92 Å². The molecule has 1 heterocycles. The average Bonchev–Trinajstić information content (AvgIpc) is 2.73. The summed E-state index contributed by atoms with van der Waals surface area (Å²) in [6.45, 7) is 2.04. The van der Waals surface area contributed by atoms with Crippen molar-refractivity contribution in [3.8, 4) is 0 Å². The quantitative estimate of drug-likeness (QED) is 0.888. The van der Waals surface area contributed by atoms with Crippen molar-refractivity contribution in [1.82, 2.24) is 0 Å². The Hall–Kier alpha value is -0.350. The van der Waals surface area contributed by atoms with Crippen LogP contribution in [0.2, 0.25) is 0 Å². The molecular formula is C9H9BrO2S. The van der Waals surface area contributed by atoms with Gasteiger partial charge in [-0.05, 0) is 35.3 Å². The first-order valence-electron chi connectivity index (χ1n) is 4.08. The molecule has 1 fully saturated rings. The minimum Gasteiger partial charge on any atom is -0.481 e. The van der Waals surface area contributed by atoms with Gasteiger partial charge in [0.05, 0.1) is 5.92 Å². The van der Waals surface area contributed by atoms with Gasteiger partial charge < -0.3 is 5.11 Å². The van der Waals surface area contributed by atoms with Gasteiger partial charge in [0.2, 0.25) is 0 Å². The Balaban J connectivity index is 2.20. The maximum absolute atomic E-state index is 10.7. The van der Waals surface area contributed by atoms with Gasteiger partial charge in [0.25, 0.3) is 0 Å². The molecule has 1 aromatic rings. The molecule has 1 N–H and O–H groups in total. The molecule has 0 aromatic carbocycles. The molecule has 2 atom stereocenters. The molecule has 0 saturated heterocycles. The van der Waals surface area contributed by atoms with Crippen LogP contribution < -0.4 is 0 Å². The predicted molar refractivity (Wildman–Crippen MR) is 55.2 cm³/mol. The van der Waals surface area contributed by atoms with Crippen molar-refractivity contribution < 1.29 is 9.90 Å². The highest BCUT2D eigenvalue weighted by atomic mass is 79.9. The highest BCUT2D eigenvalue weighted by molar-refractivity contribution is 9.10. The van der Waals surface area contributed by atoms with Crippen LogP contribution in [0, 0.1) is 12.8 Å². The third kappa shape index (κ3) is 1.65. The van der Waals surface area contributed by atoms with Crippen LogP contribution in [0.3, 0.4) is 0 Å². The van der Waals surface area contributed by atoms with Gasteiger partial charge in [-0.3, -0.25) is 4.79 Å². The summed E-state index contributed by atoms with van der Waals surface area (Å²) >= 11 is 5.15. The van der Waals surface area contributed by atoms with Crippen molar-refractivity contribution in [2.45, 2.75) is 19.3 Å². The van der Waals surface area contributed by atoms with Gasteiger partial charge in [0, 0.05) is 20.1 Å². The molecular weight excluding hydrogens is 252 g/mol. The first kappa shape index (κ1) is 9.21. The van der Waals surface area contributed by atoms with Crippen LogP contribution >= 0.6 is 27.3 Å². The van der Waals surface area contributed by atoms with Crippen LogP contribution in [-0.4, -0.2) is 11.1 Å². The third-order valence-electron chi connectivity index (χ3n) is 2.28. The number of halogens is 1. The van der Waals surface area contributed by atoms with E-state index in [0.717, 1.165) is 10.9 Å². The maximum atomic E-state index is 10.7. The lowest BCUT2D eigenvalue weighted by atomic mass is 10.2. The standard InChI is InChI=1S/C9H9BrO2S/c1-4-2-7(10)8(13-4)5-3-6(5)9(11)12/h2,5-6H,3H2,1H3,(H,11,12). The van der Waals surface area contributed by atoms with Gasteiger partial charge in [-0.1, -0.05) is 0 Å². The van der Waals surface area contributed by atoms with E-state index in [2.05, 4.69) is 22.0 Å². The van der Waals surface area contributed by atoms with Gasteiger partial charge in [0.1, 0.15) is 0 Å². The Bertz CT molecular complexity index is 358. The van der Waals surface area contributed by atoms with E-state index in [-0.39, 0.29) is 11.8 Å². The number of carboxylic acid groups (broad SMARTS) is 1. The minimum absolute atomic E-state index is 0.144. The minimum atomic E-state index is -0.664. The molecule has 4 heteroatoms. The molecule has 70 valence electrons. The lowest BCUT2D eigenvalue weighted by molar-refractivity contribution is -0.138. The molecule has 2 unspecified atom stereocenters. The summed E-state index contributed by atoms with van der Waals surface area (Å²) in [5, 5.41) is 8.77. The zero-order chi connectivity index (χ0) is 9.59. The number of hydrogen-bond acceptors (Lipinski definition) is 2. The largest absolute Gasteiger partial charge is 0.481 e. The molecule has 0 aliphatic heterocycles. The van der Waals surface area contributed by atoms with E-state index in [1.54, 1.807) is 11.3 Å². The zero-order valence-corrected chi connectivity index (χ0v) is 9.48. The molecule has 1 aromatic heterocycles. The second kappa shape index (κ2) is 3.10. The molecule has 0 amide bonds. The lowest BCUT2D eigenvalue weighted by Gasteiger charge is -1.93. The number of aryl methyl sites for hydroxylation is 1. The number of hydrogen-bond donors (Lipinski definition) is 1. The Morgan fingerprint density at radius 3 is 2.85 bits per heavy atom. The van der Waals surface area contributed by atoms with Crippen LogP contribution in [0.1, 0.15) is 22.1 Å². The molecule has 2 nitrogen and oxygen atoms in total. The second-order valence-corrected chi connectivity index (χ2v) is 5.50. The summed E-state index contributed by atoms with van der Waals surface area (Å²) in [6, 6.07) is 2.05. The number of carboxylic acids is 1. The molecule has 1 saturated carbocycles. The normalized spacial score (nSPS) is 26.0. The van der Waals surface area contributed by atoms with Crippen molar-refractivity contribution in [3.05, 3.63) is 20.3 Å². The van der Waals surface area contributed by atoms with Crippen molar-refractivity contribution in [1.29, 1.82) is 0 Å². The fourth-order valence-electron chi connectivity index (χ4n) is 1.51. The van der Waals surface area contributed by atoms with Crippen LogP contribution in [0.25, 0.3) is 0 Å². The van der Waals surface area contributed by atoms with Gasteiger partial charge in [-0.2, -0.15) is 0 Å². The highest BCUT2D eigenvalue weighted by Crippen LogP contribution is 2.52. The Morgan fingerprint density at radius 2 is 2.46 bits per heavy atom. The van der Waals surface area contributed by atoms with Crippen LogP contribution in [-0.2, 0) is 4.79 Å². The van der Waals surface area contributed by atoms with Gasteiger partial charge in [-0.15, -0.1) is 11.3 Å². The molecule has 0 bridgehead atoms. The van der Waals surface area contributed by atoms with E-state index in [0.29, 0.717) is 0 Å². The number of aliphatic carboxylic acids is 1. The summed E-state index contributed by atoms with van der Waals surface area (Å²) < 4.78 is 1.07. The Morgan fingerprint density at radius 1 is 1.77 bits per heavy atom. The Kier molecular flexibility index (Phi) is 2.20. The van der Waals surface area contributed by atoms with Crippen LogP contribution in [0.4, 0.5) is 0 Å². The van der Waals surface area contributed by atoms with Crippen molar-refractivity contribution in [3.63, 3.8) is 0 Å². The summed E-state index contributed by atoms with van der Waals surface area (Å²) in [6.07, 6.45) is 0.799. The second-order valence-electron chi connectivity index (χ2n) is 3.36. The SMILES string of the molecule is Cc1cc(Br)c(C2CC2C(=O)O)s1. The number of rotatable bonds is 2. The van der Waals surface area contributed by atoms with Gasteiger partial charge in [-0.25, -0.2) is 0 Å². The third-order valence-corrected chi connectivity index (χ3v) is 4.38. The van der Waals surface area contributed by atoms with E-state index >= 15 is 0 Å². The average molecular weight is 261 g/mol. The summed E-state index contributed by atoms with van der Waals surface area (Å²) in [5.41, 5.74) is 0. The number of carbonyl (C=O) groups is 1. The predicted octanol–water partition coefficient (Wildman–Crippen LogP) is 3.01. The maximum Gasteiger partial charge on any atom is 0.307 e. The lowest BCUT2D eigenvalue weighted by Crippen LogP contribution is -1.98. The summed E-state index contributed by atoms with van der Waals surface area (Å²) in [4.78, 5) is 13.1. The molecule has 13 heavy (non-hydrogen) atoms. The Labute approximate surface area is 88.7 Å². The molecule has 1 aliphatic carbocycles. The smallest absolute Gasteiger partial charge is 0.307 e. The van der Waals surface area contributed by atoms with E-state index in [9.17, 15) is 4.79 Å². The molecule has 1 aliphatic rings. The van der Waals surface area contributed by atoms with E-state index in [4.69, 9.17) is 5.11 Å². The van der Waals surface area contributed by atoms with Gasteiger partial charge in [0.15, 0.2) is 0 Å². The first-order chi connectivity index (χ1) is 6.09. The van der Waals surface area contributed by atoms with E-state index < -0.39 is 5.97 Å². The van der Waals surface area contributed by atoms with Crippen molar-refractivity contribution in [2.24, 2.45) is 5.92 Å². The van der Waals surface area contributed by atoms with E-state index in [1.165, 1.54) is 9.75 Å². The van der Waals surface area contributed by atoms with Crippen LogP contribution in [0.5, 0.6) is 0 Å². The first-order valence-corrected chi connectivity index (χ1v) is 5.69. The van der Waals surface area contributed by atoms with Crippen molar-refractivity contribution >= 4 is 33.2 Å². The van der Waals surface area contributed by atoms with Gasteiger partial charge >= 0.3 is 5.97 Å². The highest BCUT2D eigenvalue weighted by Gasteiger charge is 2.45. The van der Waals surface area contributed by atoms with Crippen LogP contribution in [0.15, 0.2) is 10.5 Å². The fraction of sp³-hybridized carbons (Fsp3) is 0.444. The number of thiophene rings is 1. The summed E-state index contributed by atoms with van der Waals surface area (Å²) in [5.74, 6) is -0.553. The van der Waals surface area contributed by atoms with Crippen molar-refractivity contribution in [2.75, 3.05) is 0 Å².